The normalized spacial score (nSPS) is 33.2. The molecule has 0 amide bonds. The van der Waals surface area contributed by atoms with E-state index in [4.69, 9.17) is 0 Å². The molecule has 0 radical (unpaired) electrons. The van der Waals surface area contributed by atoms with Crippen molar-refractivity contribution in [2.75, 3.05) is 6.61 Å². The van der Waals surface area contributed by atoms with E-state index in [1.165, 1.54) is 11.1 Å². The fraction of sp³-hybridized carbons (Fsp3) is 0.600. The Balaban J connectivity index is 2.86. The van der Waals surface area contributed by atoms with E-state index >= 15 is 0 Å². The smallest absolute Gasteiger partial charge is 0.0789 e. The van der Waals surface area contributed by atoms with Gasteiger partial charge in [-0.1, -0.05) is 29.9 Å². The second-order valence-electron chi connectivity index (χ2n) is 5.05. The van der Waals surface area contributed by atoms with E-state index in [1.807, 2.05) is 13.0 Å². The lowest BCUT2D eigenvalue weighted by Gasteiger charge is -2.23. The van der Waals surface area contributed by atoms with Gasteiger partial charge in [0.05, 0.1) is 12.7 Å². The van der Waals surface area contributed by atoms with Crippen LogP contribution in [0.4, 0.5) is 0 Å². The van der Waals surface area contributed by atoms with E-state index < -0.39 is 6.10 Å². The van der Waals surface area contributed by atoms with Crippen molar-refractivity contribution in [3.8, 4) is 0 Å². The molecule has 0 bridgehead atoms. The van der Waals surface area contributed by atoms with Crippen molar-refractivity contribution in [3.63, 3.8) is 0 Å². The average molecular weight is 236 g/mol. The van der Waals surface area contributed by atoms with Crippen molar-refractivity contribution < 1.29 is 10.2 Å². The van der Waals surface area contributed by atoms with Gasteiger partial charge in [0.1, 0.15) is 0 Å². The summed E-state index contributed by atoms with van der Waals surface area (Å²) in [5.41, 5.74) is 3.30. The van der Waals surface area contributed by atoms with E-state index in [-0.39, 0.29) is 12.5 Å². The van der Waals surface area contributed by atoms with Gasteiger partial charge in [-0.15, -0.1) is 0 Å². The Morgan fingerprint density at radius 3 is 2.71 bits per heavy atom. The Morgan fingerprint density at radius 1 is 1.35 bits per heavy atom. The molecule has 1 aliphatic carbocycles. The summed E-state index contributed by atoms with van der Waals surface area (Å²) in [7, 11) is 0. The molecule has 2 nitrogen and oxygen atoms in total. The van der Waals surface area contributed by atoms with E-state index in [9.17, 15) is 10.2 Å². The van der Waals surface area contributed by atoms with Gasteiger partial charge in [-0.2, -0.15) is 0 Å². The highest BCUT2D eigenvalue weighted by atomic mass is 16.3. The zero-order valence-electron chi connectivity index (χ0n) is 10.9. The first-order valence-electron chi connectivity index (χ1n) is 6.34. The van der Waals surface area contributed by atoms with Crippen LogP contribution in [0, 0.1) is 5.92 Å². The Morgan fingerprint density at radius 2 is 2.06 bits per heavy atom. The molecule has 0 aliphatic heterocycles. The summed E-state index contributed by atoms with van der Waals surface area (Å²) in [5.74, 6) is -0.0311. The third-order valence-corrected chi connectivity index (χ3v) is 3.48. The average Bonchev–Trinajstić information content (AvgIpc) is 2.28. The van der Waals surface area contributed by atoms with Gasteiger partial charge in [0, 0.05) is 5.92 Å². The molecular formula is C15H24O2. The maximum atomic E-state index is 10.2. The van der Waals surface area contributed by atoms with Crippen LogP contribution >= 0.6 is 0 Å². The topological polar surface area (TPSA) is 40.5 Å². The molecule has 0 spiro atoms. The molecule has 2 atom stereocenters. The molecule has 0 aromatic heterocycles. The highest BCUT2D eigenvalue weighted by molar-refractivity contribution is 5.14. The summed E-state index contributed by atoms with van der Waals surface area (Å²) in [5, 5.41) is 19.4. The van der Waals surface area contributed by atoms with Gasteiger partial charge >= 0.3 is 0 Å². The van der Waals surface area contributed by atoms with Crippen molar-refractivity contribution in [1.29, 1.82) is 0 Å². The zero-order chi connectivity index (χ0) is 12.8. The molecular weight excluding hydrogens is 212 g/mol. The van der Waals surface area contributed by atoms with Crippen LogP contribution in [-0.4, -0.2) is 22.9 Å². The van der Waals surface area contributed by atoms with Crippen LogP contribution in [0.1, 0.15) is 39.5 Å². The molecule has 0 aromatic rings. The van der Waals surface area contributed by atoms with Crippen molar-refractivity contribution >= 4 is 0 Å². The maximum Gasteiger partial charge on any atom is 0.0789 e. The quantitative estimate of drug-likeness (QED) is 0.724. The fourth-order valence-corrected chi connectivity index (χ4v) is 2.26. The zero-order valence-corrected chi connectivity index (χ0v) is 10.9. The highest BCUT2D eigenvalue weighted by Gasteiger charge is 2.20. The van der Waals surface area contributed by atoms with Crippen molar-refractivity contribution in [2.45, 2.75) is 45.6 Å². The molecule has 17 heavy (non-hydrogen) atoms. The molecule has 0 fully saturated rings. The molecule has 0 saturated carbocycles. The molecule has 1 aliphatic rings. The number of rotatable bonds is 2. The Hall–Kier alpha value is -0.860. The van der Waals surface area contributed by atoms with Crippen LogP contribution < -0.4 is 0 Å². The lowest BCUT2D eigenvalue weighted by atomic mass is 9.86. The Kier molecular flexibility index (Phi) is 5.66. The van der Waals surface area contributed by atoms with Gasteiger partial charge in [0.15, 0.2) is 0 Å². The van der Waals surface area contributed by atoms with Crippen LogP contribution in [0.15, 0.2) is 35.5 Å². The number of allylic oxidation sites excluding steroid dienone is 3. The van der Waals surface area contributed by atoms with Crippen LogP contribution in [0.5, 0.6) is 0 Å². The summed E-state index contributed by atoms with van der Waals surface area (Å²) in [6.45, 7) is 8.00. The Bertz CT molecular complexity index is 326. The van der Waals surface area contributed by atoms with Crippen LogP contribution in [0.3, 0.4) is 0 Å². The maximum absolute atomic E-state index is 10.2. The van der Waals surface area contributed by atoms with Gasteiger partial charge in [-0.25, -0.2) is 0 Å². The molecule has 2 N–H and O–H groups in total. The van der Waals surface area contributed by atoms with Gasteiger partial charge < -0.3 is 10.2 Å². The number of aliphatic hydroxyl groups is 2. The summed E-state index contributed by atoms with van der Waals surface area (Å²) in [4.78, 5) is 0. The predicted octanol–water partition coefficient (Wildman–Crippen LogP) is 2.98. The number of hydrogen-bond acceptors (Lipinski definition) is 2. The first-order valence-corrected chi connectivity index (χ1v) is 6.34. The van der Waals surface area contributed by atoms with Crippen molar-refractivity contribution in [1.82, 2.24) is 0 Å². The standard InChI is InChI=1S/C15H24O2/c1-11-5-4-6-12(2)9-15(17)14(8-7-11)13(3)10-16/h5,9,14-17H,3-4,6-8,10H2,1-2H3/b11-5-,12-9-. The minimum absolute atomic E-state index is 0.0311. The largest absolute Gasteiger partial charge is 0.392 e. The molecule has 0 heterocycles. The lowest BCUT2D eigenvalue weighted by Crippen LogP contribution is -2.22. The molecule has 96 valence electrons. The first-order chi connectivity index (χ1) is 8.04. The SMILES string of the molecule is C=C(CO)C1CC/C(C)=C\CC/C(C)=C\C1O. The van der Waals surface area contributed by atoms with E-state index in [2.05, 4.69) is 19.6 Å². The van der Waals surface area contributed by atoms with E-state index in [0.29, 0.717) is 0 Å². The first kappa shape index (κ1) is 14.2. The van der Waals surface area contributed by atoms with Crippen LogP contribution in [-0.2, 0) is 0 Å². The lowest BCUT2D eigenvalue weighted by molar-refractivity contribution is 0.154. The summed E-state index contributed by atoms with van der Waals surface area (Å²) < 4.78 is 0. The van der Waals surface area contributed by atoms with Gasteiger partial charge in [-0.3, -0.25) is 0 Å². The van der Waals surface area contributed by atoms with Crippen molar-refractivity contribution in [2.24, 2.45) is 5.92 Å². The third kappa shape index (κ3) is 4.49. The molecule has 0 aromatic carbocycles. The van der Waals surface area contributed by atoms with E-state index in [0.717, 1.165) is 31.3 Å². The minimum Gasteiger partial charge on any atom is -0.392 e. The van der Waals surface area contributed by atoms with Gasteiger partial charge in [0.2, 0.25) is 0 Å². The van der Waals surface area contributed by atoms with Crippen LogP contribution in [0.25, 0.3) is 0 Å². The molecule has 2 heteroatoms. The molecule has 1 rings (SSSR count). The summed E-state index contributed by atoms with van der Waals surface area (Å²) in [6.07, 6.45) is 7.54. The third-order valence-electron chi connectivity index (χ3n) is 3.48. The fourth-order valence-electron chi connectivity index (χ4n) is 2.26. The Labute approximate surface area is 104 Å². The van der Waals surface area contributed by atoms with Gasteiger partial charge in [-0.05, 0) is 45.1 Å². The van der Waals surface area contributed by atoms with E-state index in [1.54, 1.807) is 0 Å². The molecule has 0 saturated heterocycles. The second kappa shape index (κ2) is 6.77. The predicted molar refractivity (Wildman–Crippen MR) is 71.7 cm³/mol. The summed E-state index contributed by atoms with van der Waals surface area (Å²) in [6, 6.07) is 0. The van der Waals surface area contributed by atoms with Crippen LogP contribution in [0.2, 0.25) is 0 Å². The van der Waals surface area contributed by atoms with Crippen molar-refractivity contribution in [3.05, 3.63) is 35.5 Å². The molecule has 2 unspecified atom stereocenters. The van der Waals surface area contributed by atoms with Gasteiger partial charge in [0.25, 0.3) is 0 Å². The number of hydrogen-bond donors (Lipinski definition) is 2. The second-order valence-corrected chi connectivity index (χ2v) is 5.05. The minimum atomic E-state index is -0.513. The monoisotopic (exact) mass is 236 g/mol. The highest BCUT2D eigenvalue weighted by Crippen LogP contribution is 2.25. The summed E-state index contributed by atoms with van der Waals surface area (Å²) >= 11 is 0. The number of aliphatic hydroxyl groups excluding tert-OH is 2.